The first-order valence-corrected chi connectivity index (χ1v) is 9.81. The van der Waals surface area contributed by atoms with E-state index in [0.29, 0.717) is 18.5 Å². The molecule has 0 aromatic heterocycles. The Balaban J connectivity index is 2.02. The Morgan fingerprint density at radius 2 is 2.00 bits per heavy atom. The lowest BCUT2D eigenvalue weighted by atomic mass is 10.1. The Bertz CT molecular complexity index is 795. The van der Waals surface area contributed by atoms with Gasteiger partial charge in [0.2, 0.25) is 0 Å². The van der Waals surface area contributed by atoms with E-state index < -0.39 is 27.8 Å². The molecule has 1 aliphatic heterocycles. The average molecular weight is 364 g/mol. The summed E-state index contributed by atoms with van der Waals surface area (Å²) >= 11 is 0. The van der Waals surface area contributed by atoms with Gasteiger partial charge in [-0.15, -0.1) is 0 Å². The number of nitriles is 1. The highest BCUT2D eigenvalue weighted by Crippen LogP contribution is 2.19. The van der Waals surface area contributed by atoms with Crippen molar-refractivity contribution in [2.24, 2.45) is 0 Å². The summed E-state index contributed by atoms with van der Waals surface area (Å²) in [6, 6.07) is 7.47. The van der Waals surface area contributed by atoms with Crippen molar-refractivity contribution >= 4 is 21.7 Å². The molecule has 1 saturated heterocycles. The molecule has 25 heavy (non-hydrogen) atoms. The van der Waals surface area contributed by atoms with Crippen LogP contribution >= 0.6 is 0 Å². The molecule has 0 spiro atoms. The van der Waals surface area contributed by atoms with E-state index in [0.717, 1.165) is 0 Å². The van der Waals surface area contributed by atoms with E-state index in [4.69, 9.17) is 10.00 Å². The molecule has 1 aromatic carbocycles. The summed E-state index contributed by atoms with van der Waals surface area (Å²) in [5.41, 5.74) is 0.658. The maximum absolute atomic E-state index is 12.6. The Kier molecular flexibility index (Phi) is 5.80. The van der Waals surface area contributed by atoms with E-state index in [9.17, 15) is 18.0 Å². The first-order chi connectivity index (χ1) is 11.8. The molecule has 134 valence electrons. The topological polar surface area (TPSA) is 105 Å². The van der Waals surface area contributed by atoms with Gasteiger partial charge in [-0.2, -0.15) is 5.26 Å². The van der Waals surface area contributed by atoms with Crippen LogP contribution in [-0.4, -0.2) is 55.4 Å². The van der Waals surface area contributed by atoms with Crippen LogP contribution in [-0.2, 0) is 19.4 Å². The van der Waals surface area contributed by atoms with Gasteiger partial charge in [-0.1, -0.05) is 0 Å². The SMILES string of the molecule is CCN(C(=O)[C@H](C)OC(=O)c1ccc(C#N)cc1)[C@H]1CCS(=O)(=O)C1. The van der Waals surface area contributed by atoms with E-state index in [1.807, 2.05) is 6.07 Å². The molecule has 2 atom stereocenters. The highest BCUT2D eigenvalue weighted by atomic mass is 32.2. The normalized spacial score (nSPS) is 19.6. The van der Waals surface area contributed by atoms with Crippen LogP contribution in [0.1, 0.15) is 36.2 Å². The van der Waals surface area contributed by atoms with Crippen LogP contribution in [0.4, 0.5) is 0 Å². The van der Waals surface area contributed by atoms with Crippen LogP contribution in [0.25, 0.3) is 0 Å². The fourth-order valence-electron chi connectivity index (χ4n) is 2.81. The number of sulfone groups is 1. The number of nitrogens with zero attached hydrogens (tertiary/aromatic N) is 2. The first-order valence-electron chi connectivity index (χ1n) is 7.99. The third-order valence-electron chi connectivity index (χ3n) is 4.15. The molecule has 1 fully saturated rings. The smallest absolute Gasteiger partial charge is 0.338 e. The Morgan fingerprint density at radius 3 is 2.48 bits per heavy atom. The monoisotopic (exact) mass is 364 g/mol. The number of esters is 1. The molecule has 2 rings (SSSR count). The van der Waals surface area contributed by atoms with Crippen molar-refractivity contribution < 1.29 is 22.7 Å². The molecule has 7 nitrogen and oxygen atoms in total. The first kappa shape index (κ1) is 18.9. The fourth-order valence-corrected chi connectivity index (χ4v) is 4.54. The molecule has 8 heteroatoms. The third-order valence-corrected chi connectivity index (χ3v) is 5.90. The second-order valence-corrected chi connectivity index (χ2v) is 8.15. The van der Waals surface area contributed by atoms with Gasteiger partial charge in [0.25, 0.3) is 5.91 Å². The zero-order valence-electron chi connectivity index (χ0n) is 14.1. The van der Waals surface area contributed by atoms with Gasteiger partial charge in [0.05, 0.1) is 28.7 Å². The van der Waals surface area contributed by atoms with Crippen molar-refractivity contribution in [1.82, 2.24) is 4.90 Å². The predicted molar refractivity (Wildman–Crippen MR) is 90.5 cm³/mol. The van der Waals surface area contributed by atoms with Crippen molar-refractivity contribution in [2.75, 3.05) is 18.1 Å². The van der Waals surface area contributed by atoms with Crippen molar-refractivity contribution in [3.8, 4) is 6.07 Å². The molecular formula is C17H20N2O5S. The van der Waals surface area contributed by atoms with Crippen LogP contribution in [0.2, 0.25) is 0 Å². The van der Waals surface area contributed by atoms with Crippen molar-refractivity contribution in [3.63, 3.8) is 0 Å². The van der Waals surface area contributed by atoms with Crippen LogP contribution in [0.15, 0.2) is 24.3 Å². The summed E-state index contributed by atoms with van der Waals surface area (Å²) in [7, 11) is -3.11. The van der Waals surface area contributed by atoms with Gasteiger partial charge in [0.15, 0.2) is 15.9 Å². The van der Waals surface area contributed by atoms with Gasteiger partial charge < -0.3 is 9.64 Å². The van der Waals surface area contributed by atoms with Crippen molar-refractivity contribution in [3.05, 3.63) is 35.4 Å². The number of hydrogen-bond acceptors (Lipinski definition) is 6. The van der Waals surface area contributed by atoms with Crippen LogP contribution in [0.5, 0.6) is 0 Å². The zero-order valence-corrected chi connectivity index (χ0v) is 15.0. The zero-order chi connectivity index (χ0) is 18.6. The average Bonchev–Trinajstić information content (AvgIpc) is 2.95. The fraction of sp³-hybridized carbons (Fsp3) is 0.471. The highest BCUT2D eigenvalue weighted by Gasteiger charge is 2.36. The Morgan fingerprint density at radius 1 is 1.36 bits per heavy atom. The summed E-state index contributed by atoms with van der Waals surface area (Å²) in [5.74, 6) is -1.06. The van der Waals surface area contributed by atoms with Gasteiger partial charge >= 0.3 is 5.97 Å². The number of amides is 1. The molecule has 0 saturated carbocycles. The molecule has 0 bridgehead atoms. The summed E-state index contributed by atoms with van der Waals surface area (Å²) in [6.45, 7) is 3.58. The predicted octanol–water partition coefficient (Wildman–Crippen LogP) is 1.14. The molecule has 0 radical (unpaired) electrons. The lowest BCUT2D eigenvalue weighted by molar-refractivity contribution is -0.141. The molecule has 1 amide bonds. The minimum Gasteiger partial charge on any atom is -0.449 e. The maximum Gasteiger partial charge on any atom is 0.338 e. The van der Waals surface area contributed by atoms with Crippen molar-refractivity contribution in [2.45, 2.75) is 32.4 Å². The number of ether oxygens (including phenoxy) is 1. The third kappa shape index (κ3) is 4.57. The van der Waals surface area contributed by atoms with E-state index >= 15 is 0 Å². The molecule has 1 aliphatic rings. The molecule has 0 N–H and O–H groups in total. The second-order valence-electron chi connectivity index (χ2n) is 5.92. The number of likely N-dealkylation sites (N-methyl/N-ethyl adjacent to an activating group) is 1. The molecule has 1 heterocycles. The molecule has 1 aromatic rings. The largest absolute Gasteiger partial charge is 0.449 e. The lowest BCUT2D eigenvalue weighted by Crippen LogP contribution is -2.46. The number of rotatable bonds is 5. The van der Waals surface area contributed by atoms with Crippen LogP contribution in [0, 0.1) is 11.3 Å². The minimum absolute atomic E-state index is 0.0527. The Hall–Kier alpha value is -2.40. The van der Waals surface area contributed by atoms with Crippen LogP contribution < -0.4 is 0 Å². The van der Waals surface area contributed by atoms with Crippen LogP contribution in [0.3, 0.4) is 0 Å². The molecule has 0 unspecified atom stereocenters. The van der Waals surface area contributed by atoms with E-state index in [2.05, 4.69) is 0 Å². The van der Waals surface area contributed by atoms with Gasteiger partial charge in [0.1, 0.15) is 0 Å². The second kappa shape index (κ2) is 7.66. The molecular weight excluding hydrogens is 344 g/mol. The summed E-state index contributed by atoms with van der Waals surface area (Å²) in [6.07, 6.45) is -0.621. The van der Waals surface area contributed by atoms with E-state index in [1.54, 1.807) is 6.92 Å². The summed E-state index contributed by atoms with van der Waals surface area (Å²) in [4.78, 5) is 26.1. The Labute approximate surface area is 147 Å². The molecule has 0 aliphatic carbocycles. The maximum atomic E-state index is 12.6. The van der Waals surface area contributed by atoms with Gasteiger partial charge in [0, 0.05) is 12.6 Å². The van der Waals surface area contributed by atoms with Gasteiger partial charge in [-0.05, 0) is 44.5 Å². The van der Waals surface area contributed by atoms with Crippen molar-refractivity contribution in [1.29, 1.82) is 5.26 Å². The number of carbonyl (C=O) groups excluding carboxylic acids is 2. The summed E-state index contributed by atoms with van der Waals surface area (Å²) in [5, 5.41) is 8.76. The number of hydrogen-bond donors (Lipinski definition) is 0. The number of carbonyl (C=O) groups is 2. The lowest BCUT2D eigenvalue weighted by Gasteiger charge is -2.29. The van der Waals surface area contributed by atoms with Gasteiger partial charge in [-0.3, -0.25) is 4.79 Å². The van der Waals surface area contributed by atoms with E-state index in [1.165, 1.54) is 36.1 Å². The van der Waals surface area contributed by atoms with E-state index in [-0.39, 0.29) is 23.1 Å². The quantitative estimate of drug-likeness (QED) is 0.726. The minimum atomic E-state index is -3.11. The summed E-state index contributed by atoms with van der Waals surface area (Å²) < 4.78 is 28.4. The number of benzene rings is 1. The van der Waals surface area contributed by atoms with Gasteiger partial charge in [-0.25, -0.2) is 13.2 Å². The highest BCUT2D eigenvalue weighted by molar-refractivity contribution is 7.91. The standard InChI is InChI=1S/C17H20N2O5S/c1-3-19(15-8-9-25(22,23)11-15)16(20)12(2)24-17(21)14-6-4-13(10-18)5-7-14/h4-7,12,15H,3,8-9,11H2,1-2H3/t12-,15-/m0/s1.